The summed E-state index contributed by atoms with van der Waals surface area (Å²) in [6.07, 6.45) is 1.26. The maximum absolute atomic E-state index is 11.9. The van der Waals surface area contributed by atoms with E-state index in [1.807, 2.05) is 36.4 Å². The van der Waals surface area contributed by atoms with Crippen molar-refractivity contribution in [3.63, 3.8) is 0 Å². The average molecular weight is 393 g/mol. The Bertz CT molecular complexity index is 914. The summed E-state index contributed by atoms with van der Waals surface area (Å²) in [6, 6.07) is 29.3. The van der Waals surface area contributed by atoms with Gasteiger partial charge in [-0.3, -0.25) is 0 Å². The van der Waals surface area contributed by atoms with E-state index in [2.05, 4.69) is 60.8 Å². The standard InChI is InChI=1S/C25H26ClNO/c1-18-24(20-12-6-3-7-13-20)27-23(19-10-4-2-5-11-19)17-25(18,28)16-21-14-8-9-15-22(21)26/h2-15,18,23-24,27-28H,16-17H2,1H3/p+1/t18-,23-,24-,25+/m0/s1. The molecule has 144 valence electrons. The van der Waals surface area contributed by atoms with Crippen LogP contribution in [0.2, 0.25) is 5.02 Å². The zero-order chi connectivity index (χ0) is 19.6. The third kappa shape index (κ3) is 3.86. The van der Waals surface area contributed by atoms with E-state index < -0.39 is 5.60 Å². The van der Waals surface area contributed by atoms with Crippen LogP contribution in [0.4, 0.5) is 0 Å². The third-order valence-electron chi connectivity index (χ3n) is 6.27. The van der Waals surface area contributed by atoms with Crippen molar-refractivity contribution in [2.24, 2.45) is 5.92 Å². The highest BCUT2D eigenvalue weighted by Gasteiger charge is 2.49. The van der Waals surface area contributed by atoms with Gasteiger partial charge in [0, 0.05) is 34.9 Å². The van der Waals surface area contributed by atoms with E-state index in [1.165, 1.54) is 11.1 Å². The number of piperidine rings is 1. The number of aliphatic hydroxyl groups is 1. The second-order valence-corrected chi connectivity index (χ2v) is 8.42. The average Bonchev–Trinajstić information content (AvgIpc) is 2.73. The molecule has 1 fully saturated rings. The minimum atomic E-state index is -0.833. The van der Waals surface area contributed by atoms with Gasteiger partial charge in [0.1, 0.15) is 12.1 Å². The van der Waals surface area contributed by atoms with Crippen LogP contribution < -0.4 is 5.32 Å². The third-order valence-corrected chi connectivity index (χ3v) is 6.63. The quantitative estimate of drug-likeness (QED) is 0.663. The van der Waals surface area contributed by atoms with Crippen molar-refractivity contribution in [2.45, 2.75) is 37.5 Å². The Kier molecular flexibility index (Phi) is 5.54. The fourth-order valence-corrected chi connectivity index (χ4v) is 4.80. The lowest BCUT2D eigenvalue weighted by Gasteiger charge is -2.45. The molecule has 0 aliphatic carbocycles. The maximum atomic E-state index is 11.9. The normalized spacial score (nSPS) is 27.5. The summed E-state index contributed by atoms with van der Waals surface area (Å²) < 4.78 is 0. The van der Waals surface area contributed by atoms with Gasteiger partial charge in [-0.2, -0.15) is 0 Å². The molecule has 3 heteroatoms. The molecule has 0 spiro atoms. The van der Waals surface area contributed by atoms with E-state index in [-0.39, 0.29) is 18.0 Å². The molecule has 1 aliphatic heterocycles. The number of quaternary nitrogens is 1. The van der Waals surface area contributed by atoms with Gasteiger partial charge in [-0.05, 0) is 11.6 Å². The molecular formula is C25H27ClNO+. The topological polar surface area (TPSA) is 36.8 Å². The van der Waals surface area contributed by atoms with E-state index in [1.54, 1.807) is 0 Å². The van der Waals surface area contributed by atoms with Gasteiger partial charge in [0.2, 0.25) is 0 Å². The molecule has 1 heterocycles. The molecule has 1 aliphatic rings. The fourth-order valence-electron chi connectivity index (χ4n) is 4.59. The Morgan fingerprint density at radius 1 is 0.893 bits per heavy atom. The molecule has 4 atom stereocenters. The van der Waals surface area contributed by atoms with Crippen molar-refractivity contribution >= 4 is 11.6 Å². The van der Waals surface area contributed by atoms with Crippen molar-refractivity contribution in [3.05, 3.63) is 107 Å². The summed E-state index contributed by atoms with van der Waals surface area (Å²) >= 11 is 6.44. The molecule has 28 heavy (non-hydrogen) atoms. The Balaban J connectivity index is 1.72. The van der Waals surface area contributed by atoms with Gasteiger partial charge in [0.15, 0.2) is 0 Å². The summed E-state index contributed by atoms with van der Waals surface area (Å²) in [5.41, 5.74) is 2.70. The number of rotatable bonds is 4. The van der Waals surface area contributed by atoms with Crippen LogP contribution in [-0.2, 0) is 6.42 Å². The first-order valence-electron chi connectivity index (χ1n) is 9.97. The van der Waals surface area contributed by atoms with Crippen molar-refractivity contribution in [1.29, 1.82) is 0 Å². The molecule has 0 bridgehead atoms. The van der Waals surface area contributed by atoms with Crippen LogP contribution in [0.1, 0.15) is 42.1 Å². The molecule has 3 aromatic carbocycles. The van der Waals surface area contributed by atoms with Gasteiger partial charge in [-0.1, -0.05) is 97.4 Å². The van der Waals surface area contributed by atoms with Crippen molar-refractivity contribution in [2.75, 3.05) is 0 Å². The maximum Gasteiger partial charge on any atom is 0.117 e. The van der Waals surface area contributed by atoms with E-state index in [0.717, 1.165) is 10.6 Å². The zero-order valence-electron chi connectivity index (χ0n) is 16.1. The predicted octanol–water partition coefficient (Wildman–Crippen LogP) is 4.70. The smallest absolute Gasteiger partial charge is 0.117 e. The molecule has 0 amide bonds. The van der Waals surface area contributed by atoms with Crippen LogP contribution in [0.15, 0.2) is 84.9 Å². The van der Waals surface area contributed by atoms with Crippen LogP contribution in [-0.4, -0.2) is 10.7 Å². The molecule has 0 unspecified atom stereocenters. The van der Waals surface area contributed by atoms with E-state index in [4.69, 9.17) is 11.6 Å². The monoisotopic (exact) mass is 392 g/mol. The Morgan fingerprint density at radius 3 is 2.11 bits per heavy atom. The predicted molar refractivity (Wildman–Crippen MR) is 114 cm³/mol. The first kappa shape index (κ1) is 19.2. The SMILES string of the molecule is C[C@H]1[C@@H](c2ccccc2)[NH2+][C@H](c2ccccc2)C[C@]1(O)Cc1ccccc1Cl. The number of benzene rings is 3. The first-order chi connectivity index (χ1) is 13.6. The van der Waals surface area contributed by atoms with E-state index in [9.17, 15) is 5.11 Å². The summed E-state index contributed by atoms with van der Waals surface area (Å²) in [5.74, 6) is 0.0890. The van der Waals surface area contributed by atoms with Crippen LogP contribution in [0.5, 0.6) is 0 Å². The summed E-state index contributed by atoms with van der Waals surface area (Å²) in [4.78, 5) is 0. The summed E-state index contributed by atoms with van der Waals surface area (Å²) in [5, 5.41) is 15.1. The second-order valence-electron chi connectivity index (χ2n) is 8.01. The van der Waals surface area contributed by atoms with Crippen molar-refractivity contribution in [1.82, 2.24) is 0 Å². The van der Waals surface area contributed by atoms with E-state index in [0.29, 0.717) is 12.8 Å². The lowest BCUT2D eigenvalue weighted by molar-refractivity contribution is -0.756. The van der Waals surface area contributed by atoms with Crippen LogP contribution in [0.3, 0.4) is 0 Å². The molecule has 2 nitrogen and oxygen atoms in total. The zero-order valence-corrected chi connectivity index (χ0v) is 16.9. The second kappa shape index (κ2) is 8.08. The van der Waals surface area contributed by atoms with Gasteiger partial charge in [-0.15, -0.1) is 0 Å². The first-order valence-corrected chi connectivity index (χ1v) is 10.4. The number of nitrogens with two attached hydrogens (primary N) is 1. The van der Waals surface area contributed by atoms with Gasteiger partial charge >= 0.3 is 0 Å². The lowest BCUT2D eigenvalue weighted by Crippen LogP contribution is -2.91. The van der Waals surface area contributed by atoms with Crippen LogP contribution in [0, 0.1) is 5.92 Å². The molecule has 3 N–H and O–H groups in total. The Morgan fingerprint density at radius 2 is 1.46 bits per heavy atom. The Hall–Kier alpha value is -2.13. The highest BCUT2D eigenvalue weighted by atomic mass is 35.5. The van der Waals surface area contributed by atoms with Gasteiger partial charge in [0.25, 0.3) is 0 Å². The molecule has 0 saturated carbocycles. The molecular weight excluding hydrogens is 366 g/mol. The summed E-state index contributed by atoms with van der Waals surface area (Å²) in [7, 11) is 0. The lowest BCUT2D eigenvalue weighted by atomic mass is 9.69. The molecule has 0 radical (unpaired) electrons. The molecule has 1 saturated heterocycles. The Labute approximate surface area is 172 Å². The number of hydrogen-bond acceptors (Lipinski definition) is 1. The van der Waals surface area contributed by atoms with Gasteiger partial charge in [-0.25, -0.2) is 0 Å². The van der Waals surface area contributed by atoms with E-state index >= 15 is 0 Å². The van der Waals surface area contributed by atoms with Gasteiger partial charge < -0.3 is 10.4 Å². The van der Waals surface area contributed by atoms with Crippen molar-refractivity contribution < 1.29 is 10.4 Å². The molecule has 3 aromatic rings. The number of hydrogen-bond donors (Lipinski definition) is 2. The van der Waals surface area contributed by atoms with Crippen LogP contribution in [0.25, 0.3) is 0 Å². The summed E-state index contributed by atoms with van der Waals surface area (Å²) in [6.45, 7) is 2.17. The highest BCUT2D eigenvalue weighted by molar-refractivity contribution is 6.31. The van der Waals surface area contributed by atoms with Crippen LogP contribution >= 0.6 is 11.6 Å². The largest absolute Gasteiger partial charge is 0.389 e. The highest BCUT2D eigenvalue weighted by Crippen LogP contribution is 2.41. The fraction of sp³-hybridized carbons (Fsp3) is 0.280. The molecule has 0 aromatic heterocycles. The minimum Gasteiger partial charge on any atom is -0.389 e. The van der Waals surface area contributed by atoms with Crippen molar-refractivity contribution in [3.8, 4) is 0 Å². The minimum absolute atomic E-state index is 0.0890. The number of halogens is 1. The molecule has 4 rings (SSSR count). The van der Waals surface area contributed by atoms with Gasteiger partial charge in [0.05, 0.1) is 5.60 Å².